The summed E-state index contributed by atoms with van der Waals surface area (Å²) in [5.41, 5.74) is 1.67. The molecule has 2 heterocycles. The minimum Gasteiger partial charge on any atom is -0.493 e. The summed E-state index contributed by atoms with van der Waals surface area (Å²) >= 11 is 0. The average Bonchev–Trinajstić information content (AvgIpc) is 2.88. The normalized spacial score (nSPS) is 14.8. The quantitative estimate of drug-likeness (QED) is 0.534. The van der Waals surface area contributed by atoms with E-state index in [2.05, 4.69) is 29.2 Å². The van der Waals surface area contributed by atoms with E-state index in [4.69, 9.17) is 9.47 Å². The van der Waals surface area contributed by atoms with Crippen LogP contribution in [-0.4, -0.2) is 60.7 Å². The van der Waals surface area contributed by atoms with Gasteiger partial charge in [0.15, 0.2) is 11.5 Å². The van der Waals surface area contributed by atoms with Gasteiger partial charge in [-0.3, -0.25) is 14.5 Å². The fraction of sp³-hybridized carbons (Fsp3) is 0.407. The Bertz CT molecular complexity index is 1210. The van der Waals surface area contributed by atoms with Crippen LogP contribution < -0.4 is 15.0 Å². The molecule has 7 heteroatoms. The summed E-state index contributed by atoms with van der Waals surface area (Å²) < 4.78 is 12.4. The first kappa shape index (κ1) is 23.8. The summed E-state index contributed by atoms with van der Waals surface area (Å²) in [5.74, 6) is 0.883. The van der Waals surface area contributed by atoms with Crippen molar-refractivity contribution < 1.29 is 14.3 Å². The molecule has 0 N–H and O–H groups in total. The number of piperidine rings is 1. The third kappa shape index (κ3) is 4.66. The van der Waals surface area contributed by atoms with Gasteiger partial charge in [0.1, 0.15) is 0 Å². The van der Waals surface area contributed by atoms with Crippen molar-refractivity contribution in [3.63, 3.8) is 0 Å². The second kappa shape index (κ2) is 10.3. The molecule has 7 nitrogen and oxygen atoms in total. The molecule has 1 saturated heterocycles. The van der Waals surface area contributed by atoms with Crippen LogP contribution in [0.2, 0.25) is 0 Å². The Morgan fingerprint density at radius 2 is 1.65 bits per heavy atom. The second-order valence-electron chi connectivity index (χ2n) is 8.80. The van der Waals surface area contributed by atoms with Crippen molar-refractivity contribution >= 4 is 16.7 Å². The number of aryl methyl sites for hydroxylation is 1. The SMILES string of the molecule is CCn1cc(C(=O)N(C)C2CCN(Cc3ccccc3)CC2)c2cc(OC)c(OC)cc2c1=O. The highest BCUT2D eigenvalue weighted by Crippen LogP contribution is 2.33. The first-order valence-electron chi connectivity index (χ1n) is 11.8. The Hall–Kier alpha value is -3.32. The van der Waals surface area contributed by atoms with Crippen LogP contribution in [-0.2, 0) is 13.1 Å². The van der Waals surface area contributed by atoms with Gasteiger partial charge in [0.05, 0.1) is 25.2 Å². The van der Waals surface area contributed by atoms with E-state index in [1.165, 1.54) is 12.7 Å². The first-order chi connectivity index (χ1) is 16.5. The number of pyridine rings is 1. The third-order valence-electron chi connectivity index (χ3n) is 6.84. The van der Waals surface area contributed by atoms with Gasteiger partial charge in [-0.2, -0.15) is 0 Å². The van der Waals surface area contributed by atoms with E-state index in [0.717, 1.165) is 32.5 Å². The lowest BCUT2D eigenvalue weighted by molar-refractivity contribution is 0.0637. The topological polar surface area (TPSA) is 64.0 Å². The number of hydrogen-bond acceptors (Lipinski definition) is 5. The summed E-state index contributed by atoms with van der Waals surface area (Å²) in [4.78, 5) is 31.0. The molecule has 34 heavy (non-hydrogen) atoms. The number of nitrogens with zero attached hydrogens (tertiary/aromatic N) is 3. The van der Waals surface area contributed by atoms with Gasteiger partial charge in [0.2, 0.25) is 0 Å². The van der Waals surface area contributed by atoms with Crippen molar-refractivity contribution in [2.45, 2.75) is 38.9 Å². The highest BCUT2D eigenvalue weighted by Gasteiger charge is 2.28. The van der Waals surface area contributed by atoms with Crippen LogP contribution in [0.1, 0.15) is 35.7 Å². The number of aromatic nitrogens is 1. The predicted molar refractivity (Wildman–Crippen MR) is 134 cm³/mol. The Morgan fingerprint density at radius 1 is 1.03 bits per heavy atom. The van der Waals surface area contributed by atoms with Crippen LogP contribution in [0.5, 0.6) is 11.5 Å². The van der Waals surface area contributed by atoms with Crippen LogP contribution in [0.25, 0.3) is 10.8 Å². The van der Waals surface area contributed by atoms with Gasteiger partial charge < -0.3 is 18.9 Å². The van der Waals surface area contributed by atoms with Gasteiger partial charge in [-0.25, -0.2) is 0 Å². The molecule has 0 unspecified atom stereocenters. The number of amides is 1. The van der Waals surface area contributed by atoms with Crippen molar-refractivity contribution in [1.29, 1.82) is 0 Å². The number of hydrogen-bond donors (Lipinski definition) is 0. The van der Waals surface area contributed by atoms with Crippen LogP contribution in [0, 0.1) is 0 Å². The molecular formula is C27H33N3O4. The zero-order chi connectivity index (χ0) is 24.2. The molecule has 3 aromatic rings. The molecular weight excluding hydrogens is 430 g/mol. The van der Waals surface area contributed by atoms with Crippen molar-refractivity contribution in [3.05, 3.63) is 70.1 Å². The summed E-state index contributed by atoms with van der Waals surface area (Å²) in [7, 11) is 4.95. The summed E-state index contributed by atoms with van der Waals surface area (Å²) in [6, 6.07) is 14.0. The highest BCUT2D eigenvalue weighted by atomic mass is 16.5. The molecule has 0 saturated carbocycles. The maximum absolute atomic E-state index is 13.7. The minimum atomic E-state index is -0.146. The number of likely N-dealkylation sites (tertiary alicyclic amines) is 1. The van der Waals surface area contributed by atoms with Crippen molar-refractivity contribution in [3.8, 4) is 11.5 Å². The predicted octanol–water partition coefficient (Wildman–Crippen LogP) is 3.78. The van der Waals surface area contributed by atoms with Crippen molar-refractivity contribution in [1.82, 2.24) is 14.4 Å². The summed E-state index contributed by atoms with van der Waals surface area (Å²) in [6.45, 7) is 5.19. The zero-order valence-electron chi connectivity index (χ0n) is 20.4. The third-order valence-corrected chi connectivity index (χ3v) is 6.84. The van der Waals surface area contributed by atoms with E-state index in [0.29, 0.717) is 34.4 Å². The number of ether oxygens (including phenoxy) is 2. The van der Waals surface area contributed by atoms with E-state index >= 15 is 0 Å². The highest BCUT2D eigenvalue weighted by molar-refractivity contribution is 6.07. The number of rotatable bonds is 7. The van der Waals surface area contributed by atoms with E-state index in [9.17, 15) is 9.59 Å². The van der Waals surface area contributed by atoms with Gasteiger partial charge in [-0.15, -0.1) is 0 Å². The van der Waals surface area contributed by atoms with E-state index in [-0.39, 0.29) is 17.5 Å². The van der Waals surface area contributed by atoms with Crippen LogP contribution in [0.4, 0.5) is 0 Å². The number of carbonyl (C=O) groups is 1. The average molecular weight is 464 g/mol. The van der Waals surface area contributed by atoms with Gasteiger partial charge in [-0.05, 0) is 37.5 Å². The number of carbonyl (C=O) groups excluding carboxylic acids is 1. The first-order valence-corrected chi connectivity index (χ1v) is 11.8. The largest absolute Gasteiger partial charge is 0.493 e. The molecule has 0 aliphatic carbocycles. The van der Waals surface area contributed by atoms with Gasteiger partial charge >= 0.3 is 0 Å². The zero-order valence-corrected chi connectivity index (χ0v) is 20.4. The van der Waals surface area contributed by atoms with Gasteiger partial charge in [-0.1, -0.05) is 30.3 Å². The molecule has 1 amide bonds. The van der Waals surface area contributed by atoms with E-state index in [1.807, 2.05) is 24.9 Å². The smallest absolute Gasteiger partial charge is 0.258 e. The maximum Gasteiger partial charge on any atom is 0.258 e. The van der Waals surface area contributed by atoms with Crippen LogP contribution in [0.15, 0.2) is 53.5 Å². The molecule has 1 fully saturated rings. The number of fused-ring (bicyclic) bond motifs is 1. The number of benzene rings is 2. The molecule has 0 bridgehead atoms. The van der Waals surface area contributed by atoms with Crippen molar-refractivity contribution in [2.75, 3.05) is 34.4 Å². The number of methoxy groups -OCH3 is 2. The lowest BCUT2D eigenvalue weighted by atomic mass is 10.0. The lowest BCUT2D eigenvalue weighted by Gasteiger charge is -2.37. The summed E-state index contributed by atoms with van der Waals surface area (Å²) in [6.07, 6.45) is 3.51. The molecule has 1 aliphatic rings. The molecule has 0 radical (unpaired) electrons. The Kier molecular flexibility index (Phi) is 7.22. The minimum absolute atomic E-state index is 0.0825. The lowest BCUT2D eigenvalue weighted by Crippen LogP contribution is -2.45. The Labute approximate surface area is 200 Å². The van der Waals surface area contributed by atoms with Gasteiger partial charge in [0.25, 0.3) is 11.5 Å². The van der Waals surface area contributed by atoms with Crippen molar-refractivity contribution in [2.24, 2.45) is 0 Å². The standard InChI is InChI=1S/C27H33N3O4/c1-5-30-18-23(21-15-24(33-3)25(34-4)16-22(21)27(30)32)26(31)28(2)20-11-13-29(14-12-20)17-19-9-7-6-8-10-19/h6-10,15-16,18,20H,5,11-14,17H2,1-4H3. The maximum atomic E-state index is 13.7. The van der Waals surface area contributed by atoms with Crippen LogP contribution in [0.3, 0.4) is 0 Å². The van der Waals surface area contributed by atoms with Gasteiger partial charge in [0, 0.05) is 50.9 Å². The molecule has 1 aromatic heterocycles. The molecule has 4 rings (SSSR count). The Morgan fingerprint density at radius 3 is 2.24 bits per heavy atom. The molecule has 180 valence electrons. The summed E-state index contributed by atoms with van der Waals surface area (Å²) in [5, 5.41) is 1.04. The molecule has 2 aromatic carbocycles. The fourth-order valence-corrected chi connectivity index (χ4v) is 4.78. The Balaban J connectivity index is 1.58. The fourth-order valence-electron chi connectivity index (χ4n) is 4.78. The van der Waals surface area contributed by atoms with E-state index in [1.54, 1.807) is 30.0 Å². The molecule has 0 atom stereocenters. The van der Waals surface area contributed by atoms with E-state index < -0.39 is 0 Å². The molecule has 1 aliphatic heterocycles. The monoisotopic (exact) mass is 463 g/mol. The molecule has 0 spiro atoms. The van der Waals surface area contributed by atoms with Crippen LogP contribution >= 0.6 is 0 Å². The second-order valence-corrected chi connectivity index (χ2v) is 8.80.